The molecule has 1 aliphatic heterocycles. The molecule has 0 saturated carbocycles. The third-order valence-electron chi connectivity index (χ3n) is 2.42. The van der Waals surface area contributed by atoms with Gasteiger partial charge in [0.25, 0.3) is 0 Å². The van der Waals surface area contributed by atoms with E-state index in [9.17, 15) is 4.79 Å². The van der Waals surface area contributed by atoms with Crippen molar-refractivity contribution in [2.45, 2.75) is 26.1 Å². The third kappa shape index (κ3) is 2.57. The molecule has 0 bridgehead atoms. The van der Waals surface area contributed by atoms with E-state index in [-0.39, 0.29) is 12.1 Å². The molecular formula is C12H14O3. The Morgan fingerprint density at radius 2 is 2.13 bits per heavy atom. The van der Waals surface area contributed by atoms with Crippen LogP contribution in [0.25, 0.3) is 0 Å². The van der Waals surface area contributed by atoms with E-state index < -0.39 is 0 Å². The topological polar surface area (TPSA) is 35.5 Å². The summed E-state index contributed by atoms with van der Waals surface area (Å²) in [4.78, 5) is 11.0. The highest BCUT2D eigenvalue weighted by Crippen LogP contribution is 2.19. The number of hydrogen-bond donors (Lipinski definition) is 0. The van der Waals surface area contributed by atoms with E-state index in [1.54, 1.807) is 31.2 Å². The van der Waals surface area contributed by atoms with Gasteiger partial charge in [-0.2, -0.15) is 0 Å². The summed E-state index contributed by atoms with van der Waals surface area (Å²) in [5.74, 6) is 0.825. The Bertz CT molecular complexity index is 336. The molecule has 0 N–H and O–H groups in total. The highest BCUT2D eigenvalue weighted by molar-refractivity contribution is 5.94. The fraction of sp³-hybridized carbons (Fsp3) is 0.417. The Morgan fingerprint density at radius 1 is 1.40 bits per heavy atom. The lowest BCUT2D eigenvalue weighted by molar-refractivity contribution is -0.0390. The lowest BCUT2D eigenvalue weighted by Crippen LogP contribution is -2.13. The highest BCUT2D eigenvalue weighted by atomic mass is 16.7. The van der Waals surface area contributed by atoms with Crippen molar-refractivity contribution in [2.75, 3.05) is 6.61 Å². The quantitative estimate of drug-likeness (QED) is 0.712. The fourth-order valence-corrected chi connectivity index (χ4v) is 1.56. The first-order valence-corrected chi connectivity index (χ1v) is 5.15. The second-order valence-electron chi connectivity index (χ2n) is 3.64. The number of carbonyl (C=O) groups excluding carboxylic acids is 1. The first-order chi connectivity index (χ1) is 7.25. The number of Topliss-reactive ketones (excluding diaryl/α,β-unsaturated/α-hetero) is 1. The largest absolute Gasteiger partial charge is 0.465 e. The molecule has 1 heterocycles. The van der Waals surface area contributed by atoms with Gasteiger partial charge in [0.15, 0.2) is 12.1 Å². The molecule has 1 aliphatic rings. The van der Waals surface area contributed by atoms with Gasteiger partial charge in [0.2, 0.25) is 0 Å². The van der Waals surface area contributed by atoms with E-state index in [4.69, 9.17) is 9.47 Å². The Balaban J connectivity index is 2.00. The number of ether oxygens (including phenoxy) is 2. The van der Waals surface area contributed by atoms with Crippen LogP contribution in [-0.4, -0.2) is 18.7 Å². The minimum Gasteiger partial charge on any atom is -0.465 e. The zero-order chi connectivity index (χ0) is 10.7. The van der Waals surface area contributed by atoms with Gasteiger partial charge in [-0.15, -0.1) is 0 Å². The number of rotatable bonds is 3. The average Bonchev–Trinajstić information content (AvgIpc) is 2.71. The fourth-order valence-electron chi connectivity index (χ4n) is 1.56. The molecule has 3 heteroatoms. The zero-order valence-electron chi connectivity index (χ0n) is 8.73. The van der Waals surface area contributed by atoms with Crippen LogP contribution in [0.5, 0.6) is 5.75 Å². The smallest absolute Gasteiger partial charge is 0.199 e. The van der Waals surface area contributed by atoms with Crippen molar-refractivity contribution in [1.82, 2.24) is 0 Å². The van der Waals surface area contributed by atoms with Crippen LogP contribution in [0.2, 0.25) is 0 Å². The summed E-state index contributed by atoms with van der Waals surface area (Å²) in [6.45, 7) is 2.33. The van der Waals surface area contributed by atoms with E-state index in [1.807, 2.05) is 0 Å². The van der Waals surface area contributed by atoms with Gasteiger partial charge >= 0.3 is 0 Å². The molecule has 1 unspecified atom stereocenters. The SMILES string of the molecule is CC(=O)c1ccc(OC2CCCO2)cc1. The standard InChI is InChI=1S/C12H14O3/c1-9(13)10-4-6-11(7-5-10)15-12-3-2-8-14-12/h4-7,12H,2-3,8H2,1H3. The first kappa shape index (κ1) is 10.2. The number of carbonyl (C=O) groups is 1. The molecule has 80 valence electrons. The normalized spacial score (nSPS) is 20.2. The summed E-state index contributed by atoms with van der Waals surface area (Å²) >= 11 is 0. The van der Waals surface area contributed by atoms with Crippen LogP contribution in [0.15, 0.2) is 24.3 Å². The van der Waals surface area contributed by atoms with Gasteiger partial charge < -0.3 is 9.47 Å². The van der Waals surface area contributed by atoms with Crippen LogP contribution in [0.1, 0.15) is 30.1 Å². The Hall–Kier alpha value is -1.35. The van der Waals surface area contributed by atoms with Gasteiger partial charge in [-0.05, 0) is 37.6 Å². The molecule has 2 rings (SSSR count). The average molecular weight is 206 g/mol. The van der Waals surface area contributed by atoms with Gasteiger partial charge in [-0.25, -0.2) is 0 Å². The number of benzene rings is 1. The van der Waals surface area contributed by atoms with Crippen molar-refractivity contribution in [3.8, 4) is 5.75 Å². The molecule has 3 nitrogen and oxygen atoms in total. The summed E-state index contributed by atoms with van der Waals surface area (Å²) in [7, 11) is 0. The van der Waals surface area contributed by atoms with Crippen LogP contribution in [0.3, 0.4) is 0 Å². The molecule has 1 fully saturated rings. The Morgan fingerprint density at radius 3 is 2.67 bits per heavy atom. The van der Waals surface area contributed by atoms with Crippen molar-refractivity contribution in [3.05, 3.63) is 29.8 Å². The Labute approximate surface area is 89.0 Å². The van der Waals surface area contributed by atoms with Crippen LogP contribution in [0, 0.1) is 0 Å². The second kappa shape index (κ2) is 4.45. The summed E-state index contributed by atoms with van der Waals surface area (Å²) < 4.78 is 10.9. The van der Waals surface area contributed by atoms with Gasteiger partial charge in [0.1, 0.15) is 5.75 Å². The van der Waals surface area contributed by atoms with Crippen molar-refractivity contribution in [2.24, 2.45) is 0 Å². The molecule has 1 aromatic rings. The van der Waals surface area contributed by atoms with Crippen LogP contribution in [0.4, 0.5) is 0 Å². The van der Waals surface area contributed by atoms with Crippen LogP contribution >= 0.6 is 0 Å². The van der Waals surface area contributed by atoms with E-state index in [0.717, 1.165) is 25.2 Å². The molecule has 15 heavy (non-hydrogen) atoms. The Kier molecular flexibility index (Phi) is 3.02. The highest BCUT2D eigenvalue weighted by Gasteiger charge is 2.16. The third-order valence-corrected chi connectivity index (χ3v) is 2.42. The number of ketones is 1. The van der Waals surface area contributed by atoms with E-state index in [2.05, 4.69) is 0 Å². The van der Waals surface area contributed by atoms with Gasteiger partial charge in [0.05, 0.1) is 6.61 Å². The van der Waals surface area contributed by atoms with Crippen molar-refractivity contribution < 1.29 is 14.3 Å². The maximum atomic E-state index is 11.0. The zero-order valence-corrected chi connectivity index (χ0v) is 8.73. The monoisotopic (exact) mass is 206 g/mol. The predicted molar refractivity (Wildman–Crippen MR) is 56.0 cm³/mol. The molecule has 0 spiro atoms. The minimum absolute atomic E-state index is 0.0682. The van der Waals surface area contributed by atoms with Gasteiger partial charge in [0, 0.05) is 12.0 Å². The second-order valence-corrected chi connectivity index (χ2v) is 3.64. The maximum Gasteiger partial charge on any atom is 0.199 e. The van der Waals surface area contributed by atoms with E-state index in [0.29, 0.717) is 5.56 Å². The summed E-state index contributed by atoms with van der Waals surface area (Å²) in [6, 6.07) is 7.15. The van der Waals surface area contributed by atoms with E-state index >= 15 is 0 Å². The first-order valence-electron chi connectivity index (χ1n) is 5.15. The molecule has 1 aromatic carbocycles. The van der Waals surface area contributed by atoms with Crippen molar-refractivity contribution >= 4 is 5.78 Å². The summed E-state index contributed by atoms with van der Waals surface area (Å²) in [6.07, 6.45) is 1.87. The summed E-state index contributed by atoms with van der Waals surface area (Å²) in [5.41, 5.74) is 0.703. The van der Waals surface area contributed by atoms with E-state index in [1.165, 1.54) is 0 Å². The predicted octanol–water partition coefficient (Wildman–Crippen LogP) is 2.40. The number of hydrogen-bond acceptors (Lipinski definition) is 3. The molecule has 0 aliphatic carbocycles. The molecule has 1 atom stereocenters. The van der Waals surface area contributed by atoms with Crippen LogP contribution in [-0.2, 0) is 4.74 Å². The minimum atomic E-state index is -0.117. The van der Waals surface area contributed by atoms with Gasteiger partial charge in [-0.3, -0.25) is 4.79 Å². The molecular weight excluding hydrogens is 192 g/mol. The van der Waals surface area contributed by atoms with Crippen molar-refractivity contribution in [1.29, 1.82) is 0 Å². The molecule has 0 amide bonds. The molecule has 0 radical (unpaired) electrons. The lowest BCUT2D eigenvalue weighted by atomic mass is 10.1. The summed E-state index contributed by atoms with van der Waals surface area (Å²) in [5, 5.41) is 0. The molecule has 1 saturated heterocycles. The van der Waals surface area contributed by atoms with Crippen molar-refractivity contribution in [3.63, 3.8) is 0 Å². The van der Waals surface area contributed by atoms with Gasteiger partial charge in [-0.1, -0.05) is 0 Å². The maximum absolute atomic E-state index is 11.0. The lowest BCUT2D eigenvalue weighted by Gasteiger charge is -2.12. The van der Waals surface area contributed by atoms with Crippen LogP contribution < -0.4 is 4.74 Å². The molecule has 0 aromatic heterocycles.